The van der Waals surface area contributed by atoms with Crippen LogP contribution in [-0.4, -0.2) is 18.3 Å². The molecule has 30 heavy (non-hydrogen) atoms. The van der Waals surface area contributed by atoms with Crippen molar-refractivity contribution in [1.29, 1.82) is 5.26 Å². The number of hydrogen-bond donors (Lipinski definition) is 1. The minimum atomic E-state index is -0.816. The van der Waals surface area contributed by atoms with E-state index in [1.807, 2.05) is 18.2 Å². The molecule has 154 valence electrons. The molecule has 0 bridgehead atoms. The highest BCUT2D eigenvalue weighted by molar-refractivity contribution is 7.99. The number of nitrogens with two attached hydrogens (primary N) is 1. The van der Waals surface area contributed by atoms with Gasteiger partial charge in [-0.25, -0.2) is 9.18 Å². The number of allylic oxidation sites excluding steroid dienone is 1. The van der Waals surface area contributed by atoms with Gasteiger partial charge in [-0.15, -0.1) is 11.8 Å². The predicted octanol–water partition coefficient (Wildman–Crippen LogP) is 4.90. The minimum absolute atomic E-state index is 0.0740. The Morgan fingerprint density at radius 1 is 1.27 bits per heavy atom. The Morgan fingerprint density at radius 2 is 1.93 bits per heavy atom. The summed E-state index contributed by atoms with van der Waals surface area (Å²) in [5.74, 6) is -1.39. The van der Waals surface area contributed by atoms with Gasteiger partial charge >= 0.3 is 5.97 Å². The zero-order valence-electron chi connectivity index (χ0n) is 16.0. The van der Waals surface area contributed by atoms with E-state index in [2.05, 4.69) is 0 Å². The van der Waals surface area contributed by atoms with E-state index in [0.29, 0.717) is 16.3 Å². The van der Waals surface area contributed by atoms with Crippen LogP contribution in [-0.2, 0) is 14.3 Å². The number of nitrogens with zero attached hydrogens (tertiary/aromatic N) is 1. The van der Waals surface area contributed by atoms with Crippen LogP contribution in [0, 0.1) is 17.1 Å². The lowest BCUT2D eigenvalue weighted by Crippen LogP contribution is -2.27. The van der Waals surface area contributed by atoms with Crippen molar-refractivity contribution in [3.63, 3.8) is 0 Å². The lowest BCUT2D eigenvalue weighted by Gasteiger charge is -2.28. The number of carbonyl (C=O) groups is 1. The summed E-state index contributed by atoms with van der Waals surface area (Å²) < 4.78 is 24.4. The Balaban J connectivity index is 2.05. The molecule has 2 N–H and O–H groups in total. The van der Waals surface area contributed by atoms with Gasteiger partial charge in [-0.3, -0.25) is 0 Å². The zero-order valence-corrected chi connectivity index (χ0v) is 17.6. The van der Waals surface area contributed by atoms with E-state index in [4.69, 9.17) is 26.8 Å². The molecule has 0 aliphatic carbocycles. The van der Waals surface area contributed by atoms with Crippen LogP contribution < -0.4 is 5.73 Å². The molecule has 1 atom stereocenters. The quantitative estimate of drug-likeness (QED) is 0.504. The van der Waals surface area contributed by atoms with E-state index < -0.39 is 17.7 Å². The van der Waals surface area contributed by atoms with Crippen molar-refractivity contribution in [3.8, 4) is 6.07 Å². The van der Waals surface area contributed by atoms with Crippen LogP contribution in [0.4, 0.5) is 4.39 Å². The fourth-order valence-corrected chi connectivity index (χ4v) is 3.99. The molecule has 0 unspecified atom stereocenters. The third-order valence-electron chi connectivity index (χ3n) is 4.38. The monoisotopic (exact) mass is 444 g/mol. The molecule has 0 saturated heterocycles. The van der Waals surface area contributed by atoms with Gasteiger partial charge in [-0.2, -0.15) is 5.26 Å². The topological polar surface area (TPSA) is 85.3 Å². The first-order valence-corrected chi connectivity index (χ1v) is 10.4. The van der Waals surface area contributed by atoms with Crippen LogP contribution in [0.25, 0.3) is 0 Å². The van der Waals surface area contributed by atoms with Gasteiger partial charge in [0.15, 0.2) is 0 Å². The second-order valence-electron chi connectivity index (χ2n) is 6.28. The van der Waals surface area contributed by atoms with Crippen molar-refractivity contribution in [1.82, 2.24) is 0 Å². The normalized spacial score (nSPS) is 16.1. The molecule has 3 rings (SSSR count). The smallest absolute Gasteiger partial charge is 0.338 e. The molecule has 1 aliphatic heterocycles. The van der Waals surface area contributed by atoms with Gasteiger partial charge < -0.3 is 15.2 Å². The average molecular weight is 445 g/mol. The zero-order chi connectivity index (χ0) is 21.7. The van der Waals surface area contributed by atoms with Gasteiger partial charge in [-0.05, 0) is 48.9 Å². The SMILES string of the molecule is CCOC(=O)C1=C(CSc2ccc(Cl)cc2)OC(N)=C(C#N)[C@@H]1c1ccc(F)cc1. The summed E-state index contributed by atoms with van der Waals surface area (Å²) in [6.07, 6.45) is 0. The maximum absolute atomic E-state index is 13.5. The molecule has 0 aromatic heterocycles. The third-order valence-corrected chi connectivity index (χ3v) is 5.64. The predicted molar refractivity (Wildman–Crippen MR) is 113 cm³/mol. The van der Waals surface area contributed by atoms with Gasteiger partial charge in [0.2, 0.25) is 5.88 Å². The first-order chi connectivity index (χ1) is 14.4. The summed E-state index contributed by atoms with van der Waals surface area (Å²) in [5.41, 5.74) is 6.80. The molecule has 0 saturated carbocycles. The van der Waals surface area contributed by atoms with E-state index >= 15 is 0 Å². The average Bonchev–Trinajstić information content (AvgIpc) is 2.73. The van der Waals surface area contributed by atoms with E-state index in [1.54, 1.807) is 19.1 Å². The molecule has 0 spiro atoms. The molecule has 8 heteroatoms. The van der Waals surface area contributed by atoms with Crippen LogP contribution >= 0.6 is 23.4 Å². The molecule has 0 fully saturated rings. The van der Waals surface area contributed by atoms with Gasteiger partial charge in [0.1, 0.15) is 23.2 Å². The van der Waals surface area contributed by atoms with Crippen LogP contribution in [0.1, 0.15) is 18.4 Å². The Labute approximate surface area is 182 Å². The Hall–Kier alpha value is -2.95. The summed E-state index contributed by atoms with van der Waals surface area (Å²) in [4.78, 5) is 13.8. The lowest BCUT2D eigenvalue weighted by molar-refractivity contribution is -0.139. The number of nitriles is 1. The van der Waals surface area contributed by atoms with Crippen LogP contribution in [0.2, 0.25) is 5.02 Å². The third kappa shape index (κ3) is 4.78. The van der Waals surface area contributed by atoms with Crippen molar-refractivity contribution in [2.45, 2.75) is 17.7 Å². The largest absolute Gasteiger partial charge is 0.463 e. The molecule has 2 aromatic carbocycles. The van der Waals surface area contributed by atoms with Crippen molar-refractivity contribution in [3.05, 3.63) is 87.7 Å². The highest BCUT2D eigenvalue weighted by atomic mass is 35.5. The molecular formula is C22H18ClFN2O3S. The number of thioether (sulfide) groups is 1. The first kappa shape index (κ1) is 21.8. The number of benzene rings is 2. The van der Waals surface area contributed by atoms with Crippen molar-refractivity contribution < 1.29 is 18.7 Å². The number of halogens is 2. The molecule has 1 heterocycles. The van der Waals surface area contributed by atoms with Gasteiger partial charge in [0.05, 0.1) is 23.9 Å². The van der Waals surface area contributed by atoms with Gasteiger partial charge in [0, 0.05) is 9.92 Å². The molecule has 5 nitrogen and oxygen atoms in total. The molecule has 2 aromatic rings. The molecule has 0 amide bonds. The van der Waals surface area contributed by atoms with Gasteiger partial charge in [0.25, 0.3) is 0 Å². The highest BCUT2D eigenvalue weighted by Gasteiger charge is 2.37. The van der Waals surface area contributed by atoms with Crippen LogP contribution in [0.3, 0.4) is 0 Å². The van der Waals surface area contributed by atoms with E-state index in [0.717, 1.165) is 4.90 Å². The molecule has 1 aliphatic rings. The Bertz CT molecular complexity index is 1040. The summed E-state index contributed by atoms with van der Waals surface area (Å²) in [6.45, 7) is 1.84. The van der Waals surface area contributed by atoms with Crippen LogP contribution in [0.5, 0.6) is 0 Å². The van der Waals surface area contributed by atoms with Gasteiger partial charge in [-0.1, -0.05) is 23.7 Å². The second kappa shape index (κ2) is 9.70. The lowest BCUT2D eigenvalue weighted by atomic mass is 9.83. The molecule has 0 radical (unpaired) electrons. The van der Waals surface area contributed by atoms with Crippen LogP contribution in [0.15, 0.2) is 76.2 Å². The first-order valence-electron chi connectivity index (χ1n) is 9.06. The number of esters is 1. The number of rotatable bonds is 6. The number of carbonyl (C=O) groups excluding carboxylic acids is 1. The fraction of sp³-hybridized carbons (Fsp3) is 0.182. The van der Waals surface area contributed by atoms with Crippen molar-refractivity contribution in [2.75, 3.05) is 12.4 Å². The molecular weight excluding hydrogens is 427 g/mol. The highest BCUT2D eigenvalue weighted by Crippen LogP contribution is 2.41. The Kier molecular flexibility index (Phi) is 7.03. The minimum Gasteiger partial charge on any atom is -0.463 e. The number of hydrogen-bond acceptors (Lipinski definition) is 6. The maximum atomic E-state index is 13.5. The standard InChI is InChI=1S/C22H18ClFN2O3S/c1-2-28-22(27)20-18(12-30-16-9-5-14(23)6-10-16)29-21(26)17(11-25)19(20)13-3-7-15(24)8-4-13/h3-10,19H,2,12,26H2,1H3/t19-/m0/s1. The Morgan fingerprint density at radius 3 is 2.53 bits per heavy atom. The summed E-state index contributed by atoms with van der Waals surface area (Å²) in [5, 5.41) is 10.3. The maximum Gasteiger partial charge on any atom is 0.338 e. The number of ether oxygens (including phenoxy) is 2. The summed E-state index contributed by atoms with van der Waals surface area (Å²) >= 11 is 7.34. The fourth-order valence-electron chi connectivity index (χ4n) is 3.03. The van der Waals surface area contributed by atoms with Crippen molar-refractivity contribution in [2.24, 2.45) is 5.73 Å². The summed E-state index contributed by atoms with van der Waals surface area (Å²) in [6, 6.07) is 14.8. The van der Waals surface area contributed by atoms with E-state index in [1.165, 1.54) is 36.0 Å². The van der Waals surface area contributed by atoms with Crippen molar-refractivity contribution >= 4 is 29.3 Å². The van der Waals surface area contributed by atoms with E-state index in [-0.39, 0.29) is 29.4 Å². The summed E-state index contributed by atoms with van der Waals surface area (Å²) in [7, 11) is 0. The second-order valence-corrected chi connectivity index (χ2v) is 7.76. The van der Waals surface area contributed by atoms with E-state index in [9.17, 15) is 14.4 Å².